The largest absolute Gasteiger partial charge is 0.497 e. The first-order chi connectivity index (χ1) is 12.8. The van der Waals surface area contributed by atoms with Crippen LogP contribution in [0.1, 0.15) is 43.5 Å². The van der Waals surface area contributed by atoms with E-state index in [-0.39, 0.29) is 11.0 Å². The fraction of sp³-hybridized carbons (Fsp3) is 0.429. The Labute approximate surface area is 159 Å². The molecule has 6 nitrogen and oxygen atoms in total. The zero-order valence-electron chi connectivity index (χ0n) is 15.9. The number of nitrogens with zero attached hydrogens (tertiary/aromatic N) is 2. The maximum absolute atomic E-state index is 11.9. The topological polar surface area (TPSA) is 75.8 Å². The zero-order valence-corrected chi connectivity index (χ0v) is 15.9. The number of likely N-dealkylation sites (tertiary alicyclic amines) is 1. The van der Waals surface area contributed by atoms with Crippen molar-refractivity contribution < 1.29 is 14.8 Å². The van der Waals surface area contributed by atoms with Crippen LogP contribution < -0.4 is 4.74 Å². The summed E-state index contributed by atoms with van der Waals surface area (Å²) in [5.41, 5.74) is 0.542. The summed E-state index contributed by atoms with van der Waals surface area (Å²) in [5, 5.41) is 22.7. The lowest BCUT2D eigenvalue weighted by atomic mass is 9.79. The van der Waals surface area contributed by atoms with Gasteiger partial charge in [0.25, 0.3) is 6.04 Å². The highest BCUT2D eigenvalue weighted by atomic mass is 16.6. The van der Waals surface area contributed by atoms with Gasteiger partial charge in [-0.3, -0.25) is 15.0 Å². The molecule has 1 fully saturated rings. The highest BCUT2D eigenvalue weighted by Crippen LogP contribution is 2.42. The molecule has 144 valence electrons. The molecule has 1 aliphatic rings. The Balaban J connectivity index is 2.02. The molecule has 3 rings (SSSR count). The molecule has 0 unspecified atom stereocenters. The molecule has 0 aromatic heterocycles. The van der Waals surface area contributed by atoms with Crippen molar-refractivity contribution in [3.63, 3.8) is 0 Å². The van der Waals surface area contributed by atoms with E-state index in [1.54, 1.807) is 14.0 Å². The van der Waals surface area contributed by atoms with E-state index in [1.807, 2.05) is 54.6 Å². The normalized spacial score (nSPS) is 27.1. The Morgan fingerprint density at radius 2 is 1.85 bits per heavy atom. The summed E-state index contributed by atoms with van der Waals surface area (Å²) in [6.45, 7) is 4.20. The van der Waals surface area contributed by atoms with Crippen LogP contribution >= 0.6 is 0 Å². The highest BCUT2D eigenvalue weighted by molar-refractivity contribution is 5.30. The summed E-state index contributed by atoms with van der Waals surface area (Å²) in [5.74, 6) is 0.773. The number of ether oxygens (including phenoxy) is 1. The molecular weight excluding hydrogens is 344 g/mol. The second kappa shape index (κ2) is 7.66. The summed E-state index contributed by atoms with van der Waals surface area (Å²) in [4.78, 5) is 13.7. The van der Waals surface area contributed by atoms with Crippen molar-refractivity contribution in [2.45, 2.75) is 44.0 Å². The van der Waals surface area contributed by atoms with Crippen molar-refractivity contribution in [2.75, 3.05) is 13.7 Å². The summed E-state index contributed by atoms with van der Waals surface area (Å²) in [6, 6.07) is 15.6. The van der Waals surface area contributed by atoms with Gasteiger partial charge in [0.1, 0.15) is 17.4 Å². The van der Waals surface area contributed by atoms with Crippen LogP contribution in [0.3, 0.4) is 0 Å². The third kappa shape index (κ3) is 3.82. The van der Waals surface area contributed by atoms with E-state index in [9.17, 15) is 15.2 Å². The van der Waals surface area contributed by atoms with Crippen molar-refractivity contribution in [1.29, 1.82) is 0 Å². The standard InChI is InChI=1S/C21H26N2O4/c1-15(16-9-11-18(27-3)12-10-16)22-14-13-21(2,24)20(23(25)26)19(22)17-7-5-4-6-8-17/h4-12,15,19-20,24H,13-14H2,1-3H3/t15-,19+,20+,21-/m0/s1. The lowest BCUT2D eigenvalue weighted by molar-refractivity contribution is -0.559. The summed E-state index contributed by atoms with van der Waals surface area (Å²) in [7, 11) is 1.62. The first-order valence-electron chi connectivity index (χ1n) is 9.15. The Morgan fingerprint density at radius 1 is 1.22 bits per heavy atom. The van der Waals surface area contributed by atoms with E-state index in [0.29, 0.717) is 13.0 Å². The van der Waals surface area contributed by atoms with Crippen LogP contribution in [0.5, 0.6) is 5.75 Å². The van der Waals surface area contributed by atoms with Crippen LogP contribution in [-0.2, 0) is 0 Å². The molecule has 1 aliphatic heterocycles. The molecule has 0 radical (unpaired) electrons. The van der Waals surface area contributed by atoms with Gasteiger partial charge < -0.3 is 9.84 Å². The quantitative estimate of drug-likeness (QED) is 0.643. The van der Waals surface area contributed by atoms with Crippen LogP contribution in [0.15, 0.2) is 54.6 Å². The maximum Gasteiger partial charge on any atom is 0.260 e. The number of piperidine rings is 1. The van der Waals surface area contributed by atoms with Crippen molar-refractivity contribution in [1.82, 2.24) is 4.90 Å². The average Bonchev–Trinajstić information content (AvgIpc) is 2.67. The molecule has 0 bridgehead atoms. The Bertz CT molecular complexity index is 777. The summed E-state index contributed by atoms with van der Waals surface area (Å²) >= 11 is 0. The van der Waals surface area contributed by atoms with Gasteiger partial charge in [-0.05, 0) is 43.5 Å². The second-order valence-corrected chi connectivity index (χ2v) is 7.38. The van der Waals surface area contributed by atoms with Gasteiger partial charge >= 0.3 is 0 Å². The van der Waals surface area contributed by atoms with Gasteiger partial charge in [0, 0.05) is 17.5 Å². The van der Waals surface area contributed by atoms with Crippen LogP contribution in [0.4, 0.5) is 0 Å². The second-order valence-electron chi connectivity index (χ2n) is 7.38. The molecule has 6 heteroatoms. The van der Waals surface area contributed by atoms with Gasteiger partial charge in [0.15, 0.2) is 0 Å². The molecule has 1 heterocycles. The van der Waals surface area contributed by atoms with Gasteiger partial charge in [0.2, 0.25) is 0 Å². The minimum atomic E-state index is -1.36. The fourth-order valence-electron chi connectivity index (χ4n) is 4.04. The average molecular weight is 370 g/mol. The van der Waals surface area contributed by atoms with Crippen LogP contribution in [0.25, 0.3) is 0 Å². The smallest absolute Gasteiger partial charge is 0.260 e. The lowest BCUT2D eigenvalue weighted by Gasteiger charge is -2.46. The van der Waals surface area contributed by atoms with Crippen LogP contribution in [-0.4, -0.2) is 40.2 Å². The molecule has 4 atom stereocenters. The van der Waals surface area contributed by atoms with Crippen molar-refractivity contribution in [2.24, 2.45) is 0 Å². The monoisotopic (exact) mass is 370 g/mol. The van der Waals surface area contributed by atoms with E-state index in [1.165, 1.54) is 0 Å². The minimum absolute atomic E-state index is 0.0420. The van der Waals surface area contributed by atoms with E-state index < -0.39 is 17.7 Å². The van der Waals surface area contributed by atoms with Gasteiger partial charge in [-0.25, -0.2) is 0 Å². The van der Waals surface area contributed by atoms with Gasteiger partial charge in [-0.15, -0.1) is 0 Å². The number of hydrogen-bond acceptors (Lipinski definition) is 5. The van der Waals surface area contributed by atoms with Crippen molar-refractivity contribution >= 4 is 0 Å². The fourth-order valence-corrected chi connectivity index (χ4v) is 4.04. The number of rotatable bonds is 5. The SMILES string of the molecule is COc1ccc([C@H](C)N2CC[C@](C)(O)[C@H]([N+](=O)[O-])[C@H]2c2ccccc2)cc1. The number of aliphatic hydroxyl groups is 1. The molecule has 2 aromatic carbocycles. The molecule has 1 saturated heterocycles. The third-order valence-electron chi connectivity index (χ3n) is 5.63. The number of nitro groups is 1. The van der Waals surface area contributed by atoms with E-state index in [2.05, 4.69) is 11.8 Å². The Hall–Kier alpha value is -2.44. The first-order valence-corrected chi connectivity index (χ1v) is 9.15. The summed E-state index contributed by atoms with van der Waals surface area (Å²) < 4.78 is 5.22. The van der Waals surface area contributed by atoms with Crippen molar-refractivity contribution in [3.05, 3.63) is 75.8 Å². The molecule has 0 amide bonds. The highest BCUT2D eigenvalue weighted by Gasteiger charge is 2.54. The maximum atomic E-state index is 11.9. The van der Waals surface area contributed by atoms with Crippen molar-refractivity contribution in [3.8, 4) is 5.75 Å². The predicted molar refractivity (Wildman–Crippen MR) is 103 cm³/mol. The molecule has 0 aliphatic carbocycles. The van der Waals surface area contributed by atoms with Gasteiger partial charge in [-0.1, -0.05) is 42.5 Å². The first kappa shape index (κ1) is 19.3. The Kier molecular flexibility index (Phi) is 5.48. The number of benzene rings is 2. The van der Waals surface area contributed by atoms with E-state index >= 15 is 0 Å². The van der Waals surface area contributed by atoms with Gasteiger partial charge in [0.05, 0.1) is 7.11 Å². The van der Waals surface area contributed by atoms with Crippen LogP contribution in [0, 0.1) is 10.1 Å². The third-order valence-corrected chi connectivity index (χ3v) is 5.63. The molecular formula is C21H26N2O4. The molecule has 27 heavy (non-hydrogen) atoms. The number of methoxy groups -OCH3 is 1. The zero-order chi connectivity index (χ0) is 19.6. The molecule has 2 aromatic rings. The van der Waals surface area contributed by atoms with Gasteiger partial charge in [-0.2, -0.15) is 0 Å². The molecule has 1 N–H and O–H groups in total. The predicted octanol–water partition coefficient (Wildman–Crippen LogP) is 3.60. The Morgan fingerprint density at radius 3 is 2.41 bits per heavy atom. The number of hydrogen-bond donors (Lipinski definition) is 1. The molecule has 0 saturated carbocycles. The van der Waals surface area contributed by atoms with E-state index in [0.717, 1.165) is 16.9 Å². The van der Waals surface area contributed by atoms with E-state index in [4.69, 9.17) is 4.74 Å². The lowest BCUT2D eigenvalue weighted by Crippen LogP contribution is -2.59. The van der Waals surface area contributed by atoms with Crippen LogP contribution in [0.2, 0.25) is 0 Å². The summed E-state index contributed by atoms with van der Waals surface area (Å²) in [6.07, 6.45) is 0.350. The minimum Gasteiger partial charge on any atom is -0.497 e. The molecule has 0 spiro atoms.